The van der Waals surface area contributed by atoms with Crippen molar-refractivity contribution in [1.82, 2.24) is 0 Å². The molecule has 98 valence electrons. The van der Waals surface area contributed by atoms with Crippen molar-refractivity contribution < 1.29 is 13.3 Å². The molecule has 0 spiro atoms. The zero-order valence-corrected chi connectivity index (χ0v) is 11.5. The summed E-state index contributed by atoms with van der Waals surface area (Å²) in [5.41, 5.74) is 0.933. The molecule has 4 aromatic rings. The SMILES string of the molecule is C[n+]1cc2sc3ccc(F)cc3c2c2cc(F)ccc21. The van der Waals surface area contributed by atoms with Crippen molar-refractivity contribution >= 4 is 42.4 Å². The molecule has 1 nitrogen and oxygen atoms in total. The third-order valence-corrected chi connectivity index (χ3v) is 4.70. The first-order chi connectivity index (χ1) is 9.63. The standard InChI is InChI=1S/C16H10F2NS/c1-19-8-15-16(11-6-9(17)2-4-13(11)19)12-7-10(18)3-5-14(12)20-15/h2-8H,1H3/q+1. The monoisotopic (exact) mass is 286 g/mol. The number of rotatable bonds is 0. The normalized spacial score (nSPS) is 11.8. The van der Waals surface area contributed by atoms with Gasteiger partial charge in [-0.15, -0.1) is 11.3 Å². The lowest BCUT2D eigenvalue weighted by Crippen LogP contribution is -2.28. The maximum atomic E-state index is 13.6. The molecule has 0 saturated carbocycles. The summed E-state index contributed by atoms with van der Waals surface area (Å²) < 4.78 is 31.1. The van der Waals surface area contributed by atoms with Crippen LogP contribution in [0.25, 0.3) is 31.1 Å². The van der Waals surface area contributed by atoms with Crippen molar-refractivity contribution in [3.63, 3.8) is 0 Å². The van der Waals surface area contributed by atoms with Crippen molar-refractivity contribution in [2.24, 2.45) is 7.05 Å². The molecule has 4 heteroatoms. The third-order valence-electron chi connectivity index (χ3n) is 3.60. The van der Waals surface area contributed by atoms with Crippen LogP contribution in [0.3, 0.4) is 0 Å². The van der Waals surface area contributed by atoms with Gasteiger partial charge in [-0.3, -0.25) is 0 Å². The highest BCUT2D eigenvalue weighted by Gasteiger charge is 2.16. The summed E-state index contributed by atoms with van der Waals surface area (Å²) in [5, 5.41) is 2.60. The fraction of sp³-hybridized carbons (Fsp3) is 0.0625. The van der Waals surface area contributed by atoms with Gasteiger partial charge in [0.15, 0.2) is 6.20 Å². The lowest BCUT2D eigenvalue weighted by Gasteiger charge is -2.00. The number of halogens is 2. The molecule has 4 rings (SSSR count). The molecular formula is C16H10F2NS+. The first-order valence-electron chi connectivity index (χ1n) is 6.23. The Hall–Kier alpha value is -2.07. The molecule has 0 saturated heterocycles. The number of nitrogens with zero attached hydrogens (tertiary/aromatic N) is 1. The Kier molecular flexibility index (Phi) is 2.32. The summed E-state index contributed by atoms with van der Waals surface area (Å²) in [4.78, 5) is 0. The van der Waals surface area contributed by atoms with E-state index < -0.39 is 0 Å². The van der Waals surface area contributed by atoms with Crippen LogP contribution in [0, 0.1) is 11.6 Å². The van der Waals surface area contributed by atoms with E-state index in [1.54, 1.807) is 23.5 Å². The average Bonchev–Trinajstić information content (AvgIpc) is 2.76. The van der Waals surface area contributed by atoms with Crippen LogP contribution in [-0.4, -0.2) is 0 Å². The molecule has 0 amide bonds. The van der Waals surface area contributed by atoms with E-state index in [2.05, 4.69) is 0 Å². The second kappa shape index (κ2) is 3.96. The second-order valence-electron chi connectivity index (χ2n) is 4.88. The highest BCUT2D eigenvalue weighted by molar-refractivity contribution is 7.26. The summed E-state index contributed by atoms with van der Waals surface area (Å²) in [6.45, 7) is 0. The number of benzene rings is 2. The number of pyridine rings is 1. The van der Waals surface area contributed by atoms with E-state index in [1.807, 2.05) is 17.8 Å². The van der Waals surface area contributed by atoms with Crippen LogP contribution in [0.15, 0.2) is 42.6 Å². The van der Waals surface area contributed by atoms with Gasteiger partial charge in [-0.2, -0.15) is 4.57 Å². The minimum Gasteiger partial charge on any atom is -0.207 e. The number of fused-ring (bicyclic) bond motifs is 5. The smallest absolute Gasteiger partial charge is 0.207 e. The first kappa shape index (κ1) is 11.7. The molecule has 0 aliphatic heterocycles. The van der Waals surface area contributed by atoms with Gasteiger partial charge in [0.2, 0.25) is 5.52 Å². The van der Waals surface area contributed by atoms with Gasteiger partial charge in [0.05, 0.1) is 5.39 Å². The third kappa shape index (κ3) is 1.55. The Labute approximate surface area is 117 Å². The van der Waals surface area contributed by atoms with E-state index in [1.165, 1.54) is 24.3 Å². The average molecular weight is 286 g/mol. The second-order valence-corrected chi connectivity index (χ2v) is 5.97. The number of aromatic nitrogens is 1. The molecule has 0 aliphatic rings. The Balaban J connectivity index is 2.35. The highest BCUT2D eigenvalue weighted by atomic mass is 32.1. The van der Waals surface area contributed by atoms with Crippen molar-refractivity contribution in [3.8, 4) is 0 Å². The van der Waals surface area contributed by atoms with Crippen LogP contribution in [0.2, 0.25) is 0 Å². The van der Waals surface area contributed by atoms with Crippen LogP contribution < -0.4 is 4.57 Å². The van der Waals surface area contributed by atoms with Crippen molar-refractivity contribution in [1.29, 1.82) is 0 Å². The zero-order chi connectivity index (χ0) is 13.9. The summed E-state index contributed by atoms with van der Waals surface area (Å²) in [7, 11) is 1.94. The van der Waals surface area contributed by atoms with Crippen molar-refractivity contribution in [2.45, 2.75) is 0 Å². The molecule has 2 aromatic carbocycles. The number of hydrogen-bond acceptors (Lipinski definition) is 1. The molecule has 2 heterocycles. The lowest BCUT2D eigenvalue weighted by molar-refractivity contribution is -0.643. The Morgan fingerprint density at radius 1 is 0.900 bits per heavy atom. The van der Waals surface area contributed by atoms with E-state index in [0.717, 1.165) is 31.1 Å². The molecular weight excluding hydrogens is 276 g/mol. The predicted molar refractivity (Wildman–Crippen MR) is 77.9 cm³/mol. The molecule has 20 heavy (non-hydrogen) atoms. The molecule has 0 unspecified atom stereocenters. The van der Waals surface area contributed by atoms with Crippen LogP contribution in [0.1, 0.15) is 0 Å². The molecule has 0 fully saturated rings. The first-order valence-corrected chi connectivity index (χ1v) is 7.05. The number of aryl methyl sites for hydroxylation is 1. The summed E-state index contributed by atoms with van der Waals surface area (Å²) in [5.74, 6) is -0.546. The van der Waals surface area contributed by atoms with Gasteiger partial charge >= 0.3 is 0 Å². The van der Waals surface area contributed by atoms with Crippen LogP contribution >= 0.6 is 11.3 Å². The van der Waals surface area contributed by atoms with Gasteiger partial charge in [-0.1, -0.05) is 0 Å². The van der Waals surface area contributed by atoms with Gasteiger partial charge in [0, 0.05) is 21.5 Å². The molecule has 0 radical (unpaired) electrons. The van der Waals surface area contributed by atoms with Gasteiger partial charge in [0.25, 0.3) is 0 Å². The van der Waals surface area contributed by atoms with Gasteiger partial charge < -0.3 is 0 Å². The highest BCUT2D eigenvalue weighted by Crippen LogP contribution is 2.37. The summed E-state index contributed by atoms with van der Waals surface area (Å²) >= 11 is 1.60. The number of hydrogen-bond donors (Lipinski definition) is 0. The molecule has 2 aromatic heterocycles. The Morgan fingerprint density at radius 2 is 1.60 bits per heavy atom. The molecule has 0 N–H and O–H groups in total. The zero-order valence-electron chi connectivity index (χ0n) is 10.7. The van der Waals surface area contributed by atoms with E-state index >= 15 is 0 Å². The van der Waals surface area contributed by atoms with Gasteiger partial charge in [-0.05, 0) is 30.3 Å². The van der Waals surface area contributed by atoms with Crippen LogP contribution in [0.4, 0.5) is 8.78 Å². The van der Waals surface area contributed by atoms with E-state index in [4.69, 9.17) is 0 Å². The fourth-order valence-corrected chi connectivity index (χ4v) is 3.90. The minimum atomic E-state index is -0.277. The summed E-state index contributed by atoms with van der Waals surface area (Å²) in [6, 6.07) is 9.49. The molecule has 0 bridgehead atoms. The fourth-order valence-electron chi connectivity index (χ4n) is 2.72. The predicted octanol–water partition coefficient (Wildman–Crippen LogP) is 4.31. The maximum absolute atomic E-state index is 13.6. The minimum absolute atomic E-state index is 0.269. The Morgan fingerprint density at radius 3 is 2.40 bits per heavy atom. The maximum Gasteiger partial charge on any atom is 0.213 e. The largest absolute Gasteiger partial charge is 0.213 e. The number of thiophene rings is 1. The van der Waals surface area contributed by atoms with Gasteiger partial charge in [-0.25, -0.2) is 8.78 Å². The molecule has 0 aliphatic carbocycles. The quantitative estimate of drug-likeness (QED) is 0.424. The van der Waals surface area contributed by atoms with Crippen LogP contribution in [0.5, 0.6) is 0 Å². The topological polar surface area (TPSA) is 3.88 Å². The lowest BCUT2D eigenvalue weighted by atomic mass is 10.1. The van der Waals surface area contributed by atoms with E-state index in [9.17, 15) is 8.78 Å². The van der Waals surface area contributed by atoms with Crippen molar-refractivity contribution in [2.75, 3.05) is 0 Å². The van der Waals surface area contributed by atoms with E-state index in [0.29, 0.717) is 0 Å². The Bertz CT molecular complexity index is 988. The van der Waals surface area contributed by atoms with Gasteiger partial charge in [0.1, 0.15) is 23.4 Å². The molecule has 0 atom stereocenters. The van der Waals surface area contributed by atoms with Crippen molar-refractivity contribution in [3.05, 3.63) is 54.2 Å². The summed E-state index contributed by atoms with van der Waals surface area (Å²) in [6.07, 6.45) is 2.01. The van der Waals surface area contributed by atoms with E-state index in [-0.39, 0.29) is 11.6 Å². The van der Waals surface area contributed by atoms with Crippen LogP contribution in [-0.2, 0) is 7.05 Å².